The summed E-state index contributed by atoms with van der Waals surface area (Å²) in [7, 11) is 0. The maximum absolute atomic E-state index is 12.7. The predicted octanol–water partition coefficient (Wildman–Crippen LogP) is 1.59. The molecular formula is C17H24N2O2. The summed E-state index contributed by atoms with van der Waals surface area (Å²) in [5, 5.41) is 3.39. The van der Waals surface area contributed by atoms with Gasteiger partial charge in [0.15, 0.2) is 0 Å². The van der Waals surface area contributed by atoms with Gasteiger partial charge in [0.25, 0.3) is 0 Å². The molecule has 21 heavy (non-hydrogen) atoms. The Labute approximate surface area is 126 Å². The maximum atomic E-state index is 12.7. The van der Waals surface area contributed by atoms with Gasteiger partial charge in [-0.05, 0) is 30.9 Å². The van der Waals surface area contributed by atoms with Gasteiger partial charge in [-0.2, -0.15) is 0 Å². The molecule has 1 saturated heterocycles. The van der Waals surface area contributed by atoms with Crippen LogP contribution in [0.25, 0.3) is 0 Å². The Kier molecular flexibility index (Phi) is 4.56. The average Bonchev–Trinajstić information content (AvgIpc) is 3.00. The average molecular weight is 288 g/mol. The molecule has 2 atom stereocenters. The number of nitrogens with zero attached hydrogens (tertiary/aromatic N) is 1. The third kappa shape index (κ3) is 3.27. The lowest BCUT2D eigenvalue weighted by molar-refractivity contribution is -0.132. The van der Waals surface area contributed by atoms with Crippen molar-refractivity contribution in [3.8, 4) is 0 Å². The van der Waals surface area contributed by atoms with Gasteiger partial charge in [-0.3, -0.25) is 4.79 Å². The van der Waals surface area contributed by atoms with Crippen LogP contribution in [0.3, 0.4) is 0 Å². The largest absolute Gasteiger partial charge is 0.381 e. The third-order valence-corrected chi connectivity index (χ3v) is 4.53. The standard InChI is InChI=1S/C17H24N2O2/c1-2-21-12-13-7-8-19(11-13)17(20)16-9-14-5-3-4-6-15(14)10-18-16/h3-6,13,16,18H,2,7-12H2,1H3/t13-,16+/m0/s1. The van der Waals surface area contributed by atoms with E-state index in [1.807, 2.05) is 11.8 Å². The van der Waals surface area contributed by atoms with Gasteiger partial charge in [-0.15, -0.1) is 0 Å². The maximum Gasteiger partial charge on any atom is 0.240 e. The Morgan fingerprint density at radius 1 is 1.38 bits per heavy atom. The summed E-state index contributed by atoms with van der Waals surface area (Å²) in [4.78, 5) is 14.7. The highest BCUT2D eigenvalue weighted by molar-refractivity contribution is 5.82. The predicted molar refractivity (Wildman–Crippen MR) is 82.0 cm³/mol. The Bertz CT molecular complexity index is 503. The molecule has 0 spiro atoms. The summed E-state index contributed by atoms with van der Waals surface area (Å²) < 4.78 is 5.48. The molecule has 2 aliphatic rings. The van der Waals surface area contributed by atoms with Crippen LogP contribution in [0.1, 0.15) is 24.5 Å². The van der Waals surface area contributed by atoms with E-state index >= 15 is 0 Å². The van der Waals surface area contributed by atoms with E-state index in [1.54, 1.807) is 0 Å². The zero-order valence-electron chi connectivity index (χ0n) is 12.7. The first kappa shape index (κ1) is 14.5. The van der Waals surface area contributed by atoms with Crippen LogP contribution in [0.5, 0.6) is 0 Å². The lowest BCUT2D eigenvalue weighted by Gasteiger charge is -2.29. The van der Waals surface area contributed by atoms with Gasteiger partial charge in [0.05, 0.1) is 12.6 Å². The van der Waals surface area contributed by atoms with Crippen molar-refractivity contribution < 1.29 is 9.53 Å². The number of fused-ring (bicyclic) bond motifs is 1. The van der Waals surface area contributed by atoms with Gasteiger partial charge in [0.1, 0.15) is 0 Å². The van der Waals surface area contributed by atoms with Gasteiger partial charge in [-0.25, -0.2) is 0 Å². The second-order valence-corrected chi connectivity index (χ2v) is 6.00. The fourth-order valence-electron chi connectivity index (χ4n) is 3.30. The molecule has 1 fully saturated rings. The first-order valence-corrected chi connectivity index (χ1v) is 7.94. The van der Waals surface area contributed by atoms with Crippen LogP contribution in [0, 0.1) is 5.92 Å². The topological polar surface area (TPSA) is 41.6 Å². The van der Waals surface area contributed by atoms with Crippen molar-refractivity contribution in [2.75, 3.05) is 26.3 Å². The number of hydrogen-bond acceptors (Lipinski definition) is 3. The third-order valence-electron chi connectivity index (χ3n) is 4.53. The molecule has 3 rings (SSSR count). The van der Waals surface area contributed by atoms with Gasteiger partial charge in [-0.1, -0.05) is 24.3 Å². The molecule has 0 unspecified atom stereocenters. The van der Waals surface area contributed by atoms with E-state index in [4.69, 9.17) is 4.74 Å². The normalized spacial score (nSPS) is 24.9. The number of benzene rings is 1. The second-order valence-electron chi connectivity index (χ2n) is 6.00. The molecule has 2 aliphatic heterocycles. The minimum absolute atomic E-state index is 0.0641. The van der Waals surface area contributed by atoms with Crippen LogP contribution in [-0.4, -0.2) is 43.2 Å². The van der Waals surface area contributed by atoms with Crippen molar-refractivity contribution in [2.24, 2.45) is 5.92 Å². The van der Waals surface area contributed by atoms with E-state index in [0.29, 0.717) is 5.92 Å². The van der Waals surface area contributed by atoms with Crippen molar-refractivity contribution in [3.63, 3.8) is 0 Å². The van der Waals surface area contributed by atoms with Gasteiger partial charge in [0, 0.05) is 32.2 Å². The van der Waals surface area contributed by atoms with Crippen LogP contribution in [0.2, 0.25) is 0 Å². The number of carbonyl (C=O) groups excluding carboxylic acids is 1. The lowest BCUT2D eigenvalue weighted by Crippen LogP contribution is -2.48. The Hall–Kier alpha value is -1.39. The minimum Gasteiger partial charge on any atom is -0.381 e. The molecule has 0 saturated carbocycles. The summed E-state index contributed by atoms with van der Waals surface area (Å²) >= 11 is 0. The molecule has 1 amide bonds. The molecule has 0 radical (unpaired) electrons. The van der Waals surface area contributed by atoms with E-state index < -0.39 is 0 Å². The first-order valence-electron chi connectivity index (χ1n) is 7.94. The minimum atomic E-state index is -0.0641. The van der Waals surface area contributed by atoms with E-state index in [-0.39, 0.29) is 11.9 Å². The molecule has 0 bridgehead atoms. The number of hydrogen-bond donors (Lipinski definition) is 1. The second kappa shape index (κ2) is 6.58. The number of nitrogens with one attached hydrogen (secondary N) is 1. The van der Waals surface area contributed by atoms with Crippen LogP contribution >= 0.6 is 0 Å². The van der Waals surface area contributed by atoms with Crippen LogP contribution in [0.15, 0.2) is 24.3 Å². The molecule has 2 heterocycles. The smallest absolute Gasteiger partial charge is 0.240 e. The van der Waals surface area contributed by atoms with E-state index in [9.17, 15) is 4.79 Å². The van der Waals surface area contributed by atoms with E-state index in [2.05, 4.69) is 29.6 Å². The Balaban J connectivity index is 1.57. The van der Waals surface area contributed by atoms with E-state index in [1.165, 1.54) is 11.1 Å². The number of ether oxygens (including phenoxy) is 1. The van der Waals surface area contributed by atoms with Crippen molar-refractivity contribution in [3.05, 3.63) is 35.4 Å². The molecule has 0 aromatic heterocycles. The summed E-state index contributed by atoms with van der Waals surface area (Å²) in [6, 6.07) is 8.32. The van der Waals surface area contributed by atoms with E-state index in [0.717, 1.165) is 45.7 Å². The lowest BCUT2D eigenvalue weighted by atomic mass is 9.95. The monoisotopic (exact) mass is 288 g/mol. The summed E-state index contributed by atoms with van der Waals surface area (Å²) in [6.07, 6.45) is 1.87. The summed E-state index contributed by atoms with van der Waals surface area (Å²) in [5.41, 5.74) is 2.62. The SMILES string of the molecule is CCOC[C@H]1CCN(C(=O)[C@H]2Cc3ccccc3CN2)C1. The quantitative estimate of drug-likeness (QED) is 0.915. The highest BCUT2D eigenvalue weighted by Crippen LogP contribution is 2.21. The van der Waals surface area contributed by atoms with Crippen LogP contribution < -0.4 is 5.32 Å². The fraction of sp³-hybridized carbons (Fsp3) is 0.588. The number of amides is 1. The van der Waals surface area contributed by atoms with Crippen LogP contribution in [-0.2, 0) is 22.5 Å². The number of carbonyl (C=O) groups is 1. The Morgan fingerprint density at radius 3 is 3.00 bits per heavy atom. The highest BCUT2D eigenvalue weighted by atomic mass is 16.5. The van der Waals surface area contributed by atoms with Crippen LogP contribution in [0.4, 0.5) is 0 Å². The molecule has 114 valence electrons. The van der Waals surface area contributed by atoms with Crippen molar-refractivity contribution in [1.29, 1.82) is 0 Å². The number of likely N-dealkylation sites (tertiary alicyclic amines) is 1. The zero-order chi connectivity index (χ0) is 14.7. The van der Waals surface area contributed by atoms with Gasteiger partial charge in [0.2, 0.25) is 5.91 Å². The molecule has 1 aromatic carbocycles. The Morgan fingerprint density at radius 2 is 2.19 bits per heavy atom. The molecule has 4 heteroatoms. The number of rotatable bonds is 4. The zero-order valence-corrected chi connectivity index (χ0v) is 12.7. The molecule has 1 aromatic rings. The summed E-state index contributed by atoms with van der Waals surface area (Å²) in [6.45, 7) is 6.06. The molecule has 1 N–H and O–H groups in total. The van der Waals surface area contributed by atoms with Gasteiger partial charge >= 0.3 is 0 Å². The highest BCUT2D eigenvalue weighted by Gasteiger charge is 2.32. The molecular weight excluding hydrogens is 264 g/mol. The van der Waals surface area contributed by atoms with Crippen molar-refractivity contribution in [2.45, 2.75) is 32.4 Å². The molecule has 0 aliphatic carbocycles. The molecule has 4 nitrogen and oxygen atoms in total. The van der Waals surface area contributed by atoms with Crippen molar-refractivity contribution in [1.82, 2.24) is 10.2 Å². The first-order chi connectivity index (χ1) is 10.3. The van der Waals surface area contributed by atoms with Gasteiger partial charge < -0.3 is 15.0 Å². The summed E-state index contributed by atoms with van der Waals surface area (Å²) in [5.74, 6) is 0.758. The van der Waals surface area contributed by atoms with Crippen molar-refractivity contribution >= 4 is 5.91 Å². The fourth-order valence-corrected chi connectivity index (χ4v) is 3.30.